The zero-order valence-corrected chi connectivity index (χ0v) is 9.05. The minimum atomic E-state index is -0.514. The molecular formula is C9H17NO4. The Hall–Kier alpha value is -1.10. The van der Waals surface area contributed by atoms with Gasteiger partial charge in [-0.05, 0) is 13.8 Å². The van der Waals surface area contributed by atoms with Crippen LogP contribution in [-0.2, 0) is 19.1 Å². The Morgan fingerprint density at radius 1 is 1.29 bits per heavy atom. The first kappa shape index (κ1) is 12.9. The first-order valence-corrected chi connectivity index (χ1v) is 4.30. The molecule has 82 valence electrons. The molecule has 0 bridgehead atoms. The molecule has 0 saturated heterocycles. The highest BCUT2D eigenvalue weighted by molar-refractivity contribution is 5.82. The molecule has 1 amide bonds. The van der Waals surface area contributed by atoms with Crippen LogP contribution in [0.4, 0.5) is 0 Å². The zero-order chi connectivity index (χ0) is 11.2. The molecule has 0 aliphatic heterocycles. The van der Waals surface area contributed by atoms with Gasteiger partial charge in [-0.2, -0.15) is 0 Å². The third kappa shape index (κ3) is 5.53. The van der Waals surface area contributed by atoms with Gasteiger partial charge in [-0.3, -0.25) is 9.59 Å². The van der Waals surface area contributed by atoms with Crippen molar-refractivity contribution in [2.75, 3.05) is 20.8 Å². The van der Waals surface area contributed by atoms with Crippen molar-refractivity contribution in [2.45, 2.75) is 25.9 Å². The van der Waals surface area contributed by atoms with Gasteiger partial charge in [-0.1, -0.05) is 0 Å². The van der Waals surface area contributed by atoms with Crippen molar-refractivity contribution in [3.8, 4) is 0 Å². The molecule has 0 fully saturated rings. The maximum atomic E-state index is 11.2. The van der Waals surface area contributed by atoms with Crippen LogP contribution >= 0.6 is 0 Å². The number of carbonyl (C=O) groups is 2. The molecule has 0 rings (SSSR count). The molecular weight excluding hydrogens is 186 g/mol. The minimum absolute atomic E-state index is 0.102. The quantitative estimate of drug-likeness (QED) is 0.643. The summed E-state index contributed by atoms with van der Waals surface area (Å²) in [5.74, 6) is -0.698. The Balaban J connectivity index is 3.82. The summed E-state index contributed by atoms with van der Waals surface area (Å²) < 4.78 is 9.44. The second-order valence-corrected chi connectivity index (χ2v) is 3.49. The topological polar surface area (TPSA) is 64.6 Å². The maximum Gasteiger partial charge on any atom is 0.325 e. The summed E-state index contributed by atoms with van der Waals surface area (Å²) in [6.07, 6.45) is 0.209. The summed E-state index contributed by atoms with van der Waals surface area (Å²) in [6, 6.07) is 0. The van der Waals surface area contributed by atoms with Gasteiger partial charge >= 0.3 is 5.97 Å². The molecule has 0 radical (unpaired) electrons. The summed E-state index contributed by atoms with van der Waals surface area (Å²) in [5.41, 5.74) is -0.514. The Morgan fingerprint density at radius 3 is 2.29 bits per heavy atom. The van der Waals surface area contributed by atoms with Crippen LogP contribution in [0.3, 0.4) is 0 Å². The third-order valence-corrected chi connectivity index (χ3v) is 1.80. The lowest BCUT2D eigenvalue weighted by atomic mass is 10.1. The molecule has 0 heterocycles. The highest BCUT2D eigenvalue weighted by Crippen LogP contribution is 2.11. The molecule has 0 unspecified atom stereocenters. The number of methoxy groups -OCH3 is 2. The Kier molecular flexibility index (Phi) is 5.15. The van der Waals surface area contributed by atoms with Gasteiger partial charge in [0.1, 0.15) is 6.54 Å². The van der Waals surface area contributed by atoms with Gasteiger partial charge in [0.2, 0.25) is 5.91 Å². The van der Waals surface area contributed by atoms with E-state index >= 15 is 0 Å². The summed E-state index contributed by atoms with van der Waals surface area (Å²) in [7, 11) is 2.81. The van der Waals surface area contributed by atoms with Gasteiger partial charge in [-0.25, -0.2) is 0 Å². The number of esters is 1. The van der Waals surface area contributed by atoms with E-state index in [2.05, 4.69) is 10.1 Å². The SMILES string of the molecule is COC(=O)CNC(=O)CC(C)(C)OC. The number of carbonyl (C=O) groups excluding carboxylic acids is 2. The van der Waals surface area contributed by atoms with Crippen LogP contribution in [0.15, 0.2) is 0 Å². The third-order valence-electron chi connectivity index (χ3n) is 1.80. The van der Waals surface area contributed by atoms with Gasteiger partial charge in [0.15, 0.2) is 0 Å². The first-order chi connectivity index (χ1) is 6.41. The number of nitrogens with one attached hydrogen (secondary N) is 1. The molecule has 0 aromatic heterocycles. The van der Waals surface area contributed by atoms with Gasteiger partial charge in [0.05, 0.1) is 19.1 Å². The van der Waals surface area contributed by atoms with Crippen LogP contribution in [0.2, 0.25) is 0 Å². The van der Waals surface area contributed by atoms with Gasteiger partial charge in [-0.15, -0.1) is 0 Å². The average molecular weight is 203 g/mol. The van der Waals surface area contributed by atoms with E-state index in [4.69, 9.17) is 4.74 Å². The van der Waals surface area contributed by atoms with Crippen LogP contribution in [-0.4, -0.2) is 38.2 Å². The molecule has 0 atom stereocenters. The summed E-state index contributed by atoms with van der Waals surface area (Å²) in [4.78, 5) is 21.9. The highest BCUT2D eigenvalue weighted by Gasteiger charge is 2.21. The lowest BCUT2D eigenvalue weighted by Crippen LogP contribution is -2.36. The van der Waals surface area contributed by atoms with Crippen LogP contribution in [0.25, 0.3) is 0 Å². The fourth-order valence-electron chi connectivity index (χ4n) is 0.764. The van der Waals surface area contributed by atoms with E-state index in [9.17, 15) is 9.59 Å². The smallest absolute Gasteiger partial charge is 0.325 e. The van der Waals surface area contributed by atoms with E-state index in [1.807, 2.05) is 0 Å². The second-order valence-electron chi connectivity index (χ2n) is 3.49. The lowest BCUT2D eigenvalue weighted by Gasteiger charge is -2.21. The summed E-state index contributed by atoms with van der Waals surface area (Å²) in [5, 5.41) is 2.43. The van der Waals surface area contributed by atoms with Crippen LogP contribution < -0.4 is 5.32 Å². The van der Waals surface area contributed by atoms with E-state index in [0.29, 0.717) is 0 Å². The number of amides is 1. The van der Waals surface area contributed by atoms with Crippen LogP contribution in [0.1, 0.15) is 20.3 Å². The van der Waals surface area contributed by atoms with E-state index in [1.54, 1.807) is 13.8 Å². The van der Waals surface area contributed by atoms with E-state index in [-0.39, 0.29) is 18.9 Å². The Morgan fingerprint density at radius 2 is 1.86 bits per heavy atom. The normalized spacial score (nSPS) is 10.9. The van der Waals surface area contributed by atoms with Crippen LogP contribution in [0, 0.1) is 0 Å². The van der Waals surface area contributed by atoms with Crippen molar-refractivity contribution in [1.29, 1.82) is 0 Å². The summed E-state index contributed by atoms with van der Waals surface area (Å²) in [6.45, 7) is 3.49. The molecule has 0 aliphatic rings. The monoisotopic (exact) mass is 203 g/mol. The van der Waals surface area contributed by atoms with E-state index in [0.717, 1.165) is 0 Å². The fraction of sp³-hybridized carbons (Fsp3) is 0.778. The molecule has 0 aromatic rings. The van der Waals surface area contributed by atoms with Gasteiger partial charge in [0, 0.05) is 7.11 Å². The second kappa shape index (κ2) is 5.59. The van der Waals surface area contributed by atoms with E-state index < -0.39 is 11.6 Å². The van der Waals surface area contributed by atoms with Crippen molar-refractivity contribution in [3.05, 3.63) is 0 Å². The molecule has 0 aromatic carbocycles. The van der Waals surface area contributed by atoms with Crippen LogP contribution in [0.5, 0.6) is 0 Å². The standard InChI is InChI=1S/C9H17NO4/c1-9(2,14-4)5-7(11)10-6-8(12)13-3/h5-6H2,1-4H3,(H,10,11). The number of ether oxygens (including phenoxy) is 2. The molecule has 0 aliphatic carbocycles. The zero-order valence-electron chi connectivity index (χ0n) is 9.05. The Bertz CT molecular complexity index is 213. The van der Waals surface area contributed by atoms with Gasteiger partial charge in [0.25, 0.3) is 0 Å². The maximum absolute atomic E-state index is 11.2. The minimum Gasteiger partial charge on any atom is -0.468 e. The van der Waals surface area contributed by atoms with E-state index in [1.165, 1.54) is 14.2 Å². The van der Waals surface area contributed by atoms with Crippen molar-refractivity contribution < 1.29 is 19.1 Å². The fourth-order valence-corrected chi connectivity index (χ4v) is 0.764. The molecule has 1 N–H and O–H groups in total. The van der Waals surface area contributed by atoms with Gasteiger partial charge < -0.3 is 14.8 Å². The largest absolute Gasteiger partial charge is 0.468 e. The number of hydrogen-bond acceptors (Lipinski definition) is 4. The first-order valence-electron chi connectivity index (χ1n) is 4.30. The average Bonchev–Trinajstić information content (AvgIpc) is 2.13. The lowest BCUT2D eigenvalue weighted by molar-refractivity contribution is -0.141. The predicted octanol–water partition coefficient (Wildman–Crippen LogP) is 0.0907. The number of rotatable bonds is 5. The predicted molar refractivity (Wildman–Crippen MR) is 50.7 cm³/mol. The highest BCUT2D eigenvalue weighted by atomic mass is 16.5. The summed E-state index contributed by atoms with van der Waals surface area (Å²) >= 11 is 0. The molecule has 5 nitrogen and oxygen atoms in total. The van der Waals surface area contributed by atoms with Crippen molar-refractivity contribution in [2.24, 2.45) is 0 Å². The molecule has 0 spiro atoms. The molecule has 0 saturated carbocycles. The molecule has 14 heavy (non-hydrogen) atoms. The van der Waals surface area contributed by atoms with Crippen molar-refractivity contribution in [1.82, 2.24) is 5.32 Å². The van der Waals surface area contributed by atoms with Crippen molar-refractivity contribution >= 4 is 11.9 Å². The molecule has 5 heteroatoms. The Labute approximate surface area is 83.8 Å². The number of hydrogen-bond donors (Lipinski definition) is 1. The van der Waals surface area contributed by atoms with Crippen molar-refractivity contribution in [3.63, 3.8) is 0 Å².